The molecule has 0 bridgehead atoms. The summed E-state index contributed by atoms with van der Waals surface area (Å²) in [6, 6.07) is 12.4. The Morgan fingerprint density at radius 1 is 1.12 bits per heavy atom. The van der Waals surface area contributed by atoms with Gasteiger partial charge in [0, 0.05) is 28.5 Å². The van der Waals surface area contributed by atoms with E-state index >= 15 is 0 Å². The van der Waals surface area contributed by atoms with Gasteiger partial charge in [-0.2, -0.15) is 0 Å². The molecular weight excluding hydrogens is 302 g/mol. The van der Waals surface area contributed by atoms with Crippen molar-refractivity contribution in [3.8, 4) is 0 Å². The van der Waals surface area contributed by atoms with Crippen LogP contribution in [0, 0.1) is 0 Å². The maximum absolute atomic E-state index is 12.4. The predicted molar refractivity (Wildman–Crippen MR) is 94.5 cm³/mol. The maximum Gasteiger partial charge on any atom is 0.255 e. The van der Waals surface area contributed by atoms with Crippen molar-refractivity contribution >= 4 is 23.1 Å². The zero-order valence-corrected chi connectivity index (χ0v) is 13.7. The van der Waals surface area contributed by atoms with Crippen LogP contribution in [0.25, 0.3) is 5.76 Å². The zero-order chi connectivity index (χ0) is 17.3. The maximum atomic E-state index is 12.4. The number of carbonyl (C=O) groups is 2. The lowest BCUT2D eigenvalue weighted by atomic mass is 9.97. The molecule has 4 nitrogen and oxygen atoms in total. The number of benzene rings is 2. The van der Waals surface area contributed by atoms with Gasteiger partial charge in [-0.1, -0.05) is 26.0 Å². The predicted octanol–water partition coefficient (Wildman–Crippen LogP) is 4.55. The average molecular weight is 321 g/mol. The number of allylic oxidation sites excluding steroid dienone is 1. The molecule has 2 aromatic rings. The van der Waals surface area contributed by atoms with E-state index < -0.39 is 0 Å². The lowest BCUT2D eigenvalue weighted by Crippen LogP contribution is -2.12. The van der Waals surface area contributed by atoms with Gasteiger partial charge in [-0.15, -0.1) is 0 Å². The smallest absolute Gasteiger partial charge is 0.255 e. The van der Waals surface area contributed by atoms with Crippen LogP contribution in [0.2, 0.25) is 0 Å². The van der Waals surface area contributed by atoms with Gasteiger partial charge >= 0.3 is 0 Å². The molecule has 0 radical (unpaired) electrons. The van der Waals surface area contributed by atoms with E-state index in [-0.39, 0.29) is 17.4 Å². The highest BCUT2D eigenvalue weighted by Gasteiger charge is 2.21. The number of ketones is 1. The van der Waals surface area contributed by atoms with Crippen LogP contribution in [0.3, 0.4) is 0 Å². The lowest BCUT2D eigenvalue weighted by Gasteiger charge is -2.10. The summed E-state index contributed by atoms with van der Waals surface area (Å²) in [6.45, 7) is 4.29. The van der Waals surface area contributed by atoms with Crippen LogP contribution < -0.4 is 5.32 Å². The summed E-state index contributed by atoms with van der Waals surface area (Å²) >= 11 is 0. The van der Waals surface area contributed by atoms with Crippen molar-refractivity contribution in [1.29, 1.82) is 0 Å². The van der Waals surface area contributed by atoms with Gasteiger partial charge in [0.1, 0.15) is 5.76 Å². The van der Waals surface area contributed by atoms with E-state index in [9.17, 15) is 14.7 Å². The molecule has 1 aliphatic rings. The van der Waals surface area contributed by atoms with Gasteiger partial charge in [0.25, 0.3) is 5.91 Å². The van der Waals surface area contributed by atoms with Crippen LogP contribution >= 0.6 is 0 Å². The minimum Gasteiger partial charge on any atom is -0.507 e. The van der Waals surface area contributed by atoms with Crippen molar-refractivity contribution in [1.82, 2.24) is 0 Å². The fraction of sp³-hybridized carbons (Fsp3) is 0.200. The molecule has 0 aliphatic heterocycles. The second kappa shape index (κ2) is 6.32. The third-order valence-corrected chi connectivity index (χ3v) is 4.44. The quantitative estimate of drug-likeness (QED) is 0.868. The zero-order valence-electron chi connectivity index (χ0n) is 13.7. The third kappa shape index (κ3) is 2.95. The minimum absolute atomic E-state index is 0.0657. The van der Waals surface area contributed by atoms with Gasteiger partial charge < -0.3 is 10.4 Å². The first-order valence-electron chi connectivity index (χ1n) is 8.00. The highest BCUT2D eigenvalue weighted by atomic mass is 16.3. The SMILES string of the molecule is CCC(C)c1ccc(C(=O)Nc2ccc3c(c2)C(O)=CC3=O)cc1. The molecule has 0 aromatic heterocycles. The van der Waals surface area contributed by atoms with Crippen molar-refractivity contribution in [2.75, 3.05) is 5.32 Å². The number of hydrogen-bond acceptors (Lipinski definition) is 3. The van der Waals surface area contributed by atoms with Crippen LogP contribution in [-0.4, -0.2) is 16.8 Å². The minimum atomic E-state index is -0.224. The lowest BCUT2D eigenvalue weighted by molar-refractivity contribution is 0.102. The molecule has 0 heterocycles. The highest BCUT2D eigenvalue weighted by Crippen LogP contribution is 2.28. The summed E-state index contributed by atoms with van der Waals surface area (Å²) in [7, 11) is 0. The number of hydrogen-bond donors (Lipinski definition) is 2. The number of aliphatic hydroxyl groups excluding tert-OH is 1. The van der Waals surface area contributed by atoms with Crippen LogP contribution in [0.4, 0.5) is 5.69 Å². The summed E-state index contributed by atoms with van der Waals surface area (Å²) in [5, 5.41) is 12.6. The van der Waals surface area contributed by atoms with Gasteiger partial charge in [-0.05, 0) is 48.2 Å². The van der Waals surface area contributed by atoms with Crippen LogP contribution in [0.15, 0.2) is 48.5 Å². The van der Waals surface area contributed by atoms with Gasteiger partial charge in [0.15, 0.2) is 5.78 Å². The molecule has 1 aliphatic carbocycles. The second-order valence-corrected chi connectivity index (χ2v) is 6.04. The monoisotopic (exact) mass is 321 g/mol. The number of aliphatic hydroxyl groups is 1. The summed E-state index contributed by atoms with van der Waals surface area (Å²) in [4.78, 5) is 24.0. The molecule has 0 spiro atoms. The van der Waals surface area contributed by atoms with Gasteiger partial charge in [0.2, 0.25) is 0 Å². The normalized spacial score (nSPS) is 14.1. The molecular formula is C20H19NO3. The molecule has 4 heteroatoms. The van der Waals surface area contributed by atoms with Crippen molar-refractivity contribution in [2.45, 2.75) is 26.2 Å². The van der Waals surface area contributed by atoms with Crippen LogP contribution in [0.1, 0.15) is 58.0 Å². The summed E-state index contributed by atoms with van der Waals surface area (Å²) in [5.41, 5.74) is 3.21. The van der Waals surface area contributed by atoms with Crippen molar-refractivity contribution in [3.63, 3.8) is 0 Å². The second-order valence-electron chi connectivity index (χ2n) is 6.04. The van der Waals surface area contributed by atoms with Crippen molar-refractivity contribution in [2.24, 2.45) is 0 Å². The van der Waals surface area contributed by atoms with Crippen molar-refractivity contribution < 1.29 is 14.7 Å². The fourth-order valence-electron chi connectivity index (χ4n) is 2.73. The molecule has 122 valence electrons. The van der Waals surface area contributed by atoms with Gasteiger partial charge in [0.05, 0.1) is 0 Å². The van der Waals surface area contributed by atoms with Gasteiger partial charge in [-0.25, -0.2) is 0 Å². The molecule has 2 N–H and O–H groups in total. The van der Waals surface area contributed by atoms with E-state index in [1.165, 1.54) is 11.6 Å². The van der Waals surface area contributed by atoms with E-state index in [0.717, 1.165) is 6.42 Å². The Morgan fingerprint density at radius 2 is 1.83 bits per heavy atom. The highest BCUT2D eigenvalue weighted by molar-refractivity contribution is 6.16. The van der Waals surface area contributed by atoms with E-state index in [4.69, 9.17) is 0 Å². The number of carbonyl (C=O) groups excluding carboxylic acids is 2. The molecule has 1 unspecified atom stereocenters. The molecule has 2 aromatic carbocycles. The average Bonchev–Trinajstić information content (AvgIpc) is 2.88. The molecule has 0 fully saturated rings. The largest absolute Gasteiger partial charge is 0.507 e. The Bertz CT molecular complexity index is 834. The van der Waals surface area contributed by atoms with Gasteiger partial charge in [-0.3, -0.25) is 9.59 Å². The number of nitrogens with one attached hydrogen (secondary N) is 1. The molecule has 1 amide bonds. The molecule has 1 atom stereocenters. The molecule has 24 heavy (non-hydrogen) atoms. The number of amides is 1. The van der Waals surface area contributed by atoms with E-state index in [1.807, 2.05) is 24.3 Å². The topological polar surface area (TPSA) is 66.4 Å². The Labute approximate surface area is 140 Å². The van der Waals surface area contributed by atoms with Crippen molar-refractivity contribution in [3.05, 3.63) is 70.8 Å². The van der Waals surface area contributed by atoms with E-state index in [1.54, 1.807) is 18.2 Å². The molecule has 0 saturated heterocycles. The summed E-state index contributed by atoms with van der Waals surface area (Å²) in [5.74, 6) is -0.0467. The van der Waals surface area contributed by atoms with Crippen LogP contribution in [-0.2, 0) is 0 Å². The Kier molecular flexibility index (Phi) is 4.21. The Morgan fingerprint density at radius 3 is 2.50 bits per heavy atom. The Balaban J connectivity index is 1.77. The summed E-state index contributed by atoms with van der Waals surface area (Å²) < 4.78 is 0. The van der Waals surface area contributed by atoms with E-state index in [0.29, 0.717) is 28.3 Å². The molecule has 0 saturated carbocycles. The number of fused-ring (bicyclic) bond motifs is 1. The number of anilines is 1. The van der Waals surface area contributed by atoms with E-state index in [2.05, 4.69) is 19.2 Å². The first-order chi connectivity index (χ1) is 11.5. The third-order valence-electron chi connectivity index (χ3n) is 4.44. The number of rotatable bonds is 4. The standard InChI is InChI=1S/C20H19NO3/c1-3-12(2)13-4-6-14(7-5-13)20(24)21-15-8-9-16-17(10-15)19(23)11-18(16)22/h4-12,23H,3H2,1-2H3,(H,21,24). The molecule has 3 rings (SSSR count). The Hall–Kier alpha value is -2.88. The summed E-state index contributed by atoms with van der Waals surface area (Å²) in [6.07, 6.45) is 2.24. The first kappa shape index (κ1) is 16.0. The first-order valence-corrected chi connectivity index (χ1v) is 8.00. The fourth-order valence-corrected chi connectivity index (χ4v) is 2.73. The van der Waals surface area contributed by atoms with Crippen LogP contribution in [0.5, 0.6) is 0 Å².